The van der Waals surface area contributed by atoms with E-state index in [1.54, 1.807) is 6.92 Å². The first-order valence-corrected chi connectivity index (χ1v) is 4.90. The van der Waals surface area contributed by atoms with E-state index in [2.05, 4.69) is 0 Å². The summed E-state index contributed by atoms with van der Waals surface area (Å²) in [5, 5.41) is 9.11. The molecule has 1 saturated carbocycles. The Kier molecular flexibility index (Phi) is 1.71. The maximum atomic E-state index is 11.1. The Balaban J connectivity index is 2.29. The van der Waals surface area contributed by atoms with Crippen molar-refractivity contribution < 1.29 is 14.6 Å². The molecule has 2 saturated heterocycles. The van der Waals surface area contributed by atoms with Gasteiger partial charge in [-0.05, 0) is 45.4 Å². The summed E-state index contributed by atoms with van der Waals surface area (Å²) in [5.74, 6) is -0.588. The van der Waals surface area contributed by atoms with Crippen LogP contribution in [0.25, 0.3) is 0 Å². The van der Waals surface area contributed by atoms with Crippen molar-refractivity contribution in [3.63, 3.8) is 0 Å². The molecule has 0 aromatic heterocycles. The predicted molar refractivity (Wildman–Crippen MR) is 47.5 cm³/mol. The summed E-state index contributed by atoms with van der Waals surface area (Å²) in [7, 11) is 0. The lowest BCUT2D eigenvalue weighted by Gasteiger charge is -2.52. The maximum Gasteiger partial charge on any atom is 0.335 e. The van der Waals surface area contributed by atoms with Crippen LogP contribution in [0, 0.1) is 5.92 Å². The molecule has 3 fully saturated rings. The molecule has 2 bridgehead atoms. The first kappa shape index (κ1) is 9.00. The topological polar surface area (TPSA) is 46.5 Å². The number of rotatable bonds is 1. The van der Waals surface area contributed by atoms with Gasteiger partial charge in [0.05, 0.1) is 5.60 Å². The lowest BCUT2D eigenvalue weighted by molar-refractivity contribution is -0.243. The van der Waals surface area contributed by atoms with E-state index < -0.39 is 11.6 Å². The molecule has 1 aliphatic carbocycles. The molecule has 0 amide bonds. The monoisotopic (exact) mass is 184 g/mol. The maximum absolute atomic E-state index is 11.1. The fourth-order valence-corrected chi connectivity index (χ4v) is 2.69. The number of hydrogen-bond acceptors (Lipinski definition) is 2. The van der Waals surface area contributed by atoms with Crippen molar-refractivity contribution >= 4 is 5.97 Å². The fraction of sp³-hybridized carbons (Fsp3) is 0.900. The zero-order valence-electron chi connectivity index (χ0n) is 8.17. The summed E-state index contributed by atoms with van der Waals surface area (Å²) in [6.07, 6.45) is 4.03. The van der Waals surface area contributed by atoms with Crippen molar-refractivity contribution in [3.8, 4) is 0 Å². The third kappa shape index (κ3) is 1.17. The second-order valence-corrected chi connectivity index (χ2v) is 4.74. The van der Waals surface area contributed by atoms with Crippen LogP contribution >= 0.6 is 0 Å². The first-order chi connectivity index (χ1) is 5.96. The number of carboxylic acids is 1. The van der Waals surface area contributed by atoms with E-state index in [1.165, 1.54) is 0 Å². The molecule has 1 N–H and O–H groups in total. The van der Waals surface area contributed by atoms with E-state index in [0.29, 0.717) is 0 Å². The van der Waals surface area contributed by atoms with E-state index in [-0.39, 0.29) is 11.5 Å². The van der Waals surface area contributed by atoms with E-state index >= 15 is 0 Å². The molecule has 0 aromatic carbocycles. The van der Waals surface area contributed by atoms with Crippen LogP contribution in [-0.2, 0) is 9.53 Å². The minimum Gasteiger partial charge on any atom is -0.479 e. The van der Waals surface area contributed by atoms with Gasteiger partial charge in [0.1, 0.15) is 0 Å². The number of carboxylic acid groups (broad SMARTS) is 1. The van der Waals surface area contributed by atoms with Crippen LogP contribution in [0.4, 0.5) is 0 Å². The molecular formula is C10H16O3. The zero-order valence-corrected chi connectivity index (χ0v) is 8.17. The van der Waals surface area contributed by atoms with Gasteiger partial charge in [-0.25, -0.2) is 4.79 Å². The molecule has 74 valence electrons. The van der Waals surface area contributed by atoms with Crippen molar-refractivity contribution in [2.24, 2.45) is 5.92 Å². The molecule has 2 aliphatic heterocycles. The molecule has 0 radical (unpaired) electrons. The molecule has 3 heteroatoms. The Morgan fingerprint density at radius 2 is 1.92 bits per heavy atom. The van der Waals surface area contributed by atoms with Gasteiger partial charge < -0.3 is 9.84 Å². The van der Waals surface area contributed by atoms with Crippen LogP contribution in [0.1, 0.15) is 39.5 Å². The van der Waals surface area contributed by atoms with Crippen molar-refractivity contribution in [1.29, 1.82) is 0 Å². The SMILES string of the molecule is CC12CCC(CC1)C(C)(C(=O)O)O2. The van der Waals surface area contributed by atoms with E-state index in [9.17, 15) is 4.79 Å². The number of aliphatic carboxylic acids is 1. The lowest BCUT2D eigenvalue weighted by atomic mass is 9.68. The molecule has 13 heavy (non-hydrogen) atoms. The summed E-state index contributed by atoms with van der Waals surface area (Å²) in [5.41, 5.74) is -1.10. The number of fused-ring (bicyclic) bond motifs is 3. The van der Waals surface area contributed by atoms with Gasteiger partial charge in [0, 0.05) is 0 Å². The molecule has 3 rings (SSSR count). The van der Waals surface area contributed by atoms with Crippen molar-refractivity contribution in [3.05, 3.63) is 0 Å². The molecule has 1 unspecified atom stereocenters. The zero-order chi connectivity index (χ0) is 9.69. The van der Waals surface area contributed by atoms with Crippen LogP contribution in [0.3, 0.4) is 0 Å². The first-order valence-electron chi connectivity index (χ1n) is 4.90. The average Bonchev–Trinajstić information content (AvgIpc) is 2.03. The number of carbonyl (C=O) groups is 1. The lowest BCUT2D eigenvalue weighted by Crippen LogP contribution is -2.59. The molecule has 0 aromatic rings. The minimum atomic E-state index is -0.925. The third-order valence-electron chi connectivity index (χ3n) is 3.71. The van der Waals surface area contributed by atoms with Crippen LogP contribution in [-0.4, -0.2) is 22.3 Å². The summed E-state index contributed by atoms with van der Waals surface area (Å²) >= 11 is 0. The number of ether oxygens (including phenoxy) is 1. The standard InChI is InChI=1S/C10H16O3/c1-9-5-3-7(4-6-9)10(2,13-9)8(11)12/h7H,3-6H2,1-2H3,(H,11,12). The van der Waals surface area contributed by atoms with Crippen molar-refractivity contribution in [1.82, 2.24) is 0 Å². The average molecular weight is 184 g/mol. The highest BCUT2D eigenvalue weighted by molar-refractivity contribution is 5.77. The van der Waals surface area contributed by atoms with Gasteiger partial charge in [-0.2, -0.15) is 0 Å². The molecule has 1 atom stereocenters. The summed E-state index contributed by atoms with van der Waals surface area (Å²) in [6, 6.07) is 0. The van der Waals surface area contributed by atoms with E-state index in [1.807, 2.05) is 6.92 Å². The predicted octanol–water partition coefficient (Wildman–Crippen LogP) is 1.81. The van der Waals surface area contributed by atoms with Gasteiger partial charge >= 0.3 is 5.97 Å². The van der Waals surface area contributed by atoms with Gasteiger partial charge in [0.2, 0.25) is 0 Å². The molecule has 0 spiro atoms. The highest BCUT2D eigenvalue weighted by atomic mass is 16.5. The van der Waals surface area contributed by atoms with Gasteiger partial charge in [-0.1, -0.05) is 0 Å². The minimum absolute atomic E-state index is 0.179. The van der Waals surface area contributed by atoms with Crippen molar-refractivity contribution in [2.45, 2.75) is 50.7 Å². The van der Waals surface area contributed by atoms with E-state index in [0.717, 1.165) is 25.7 Å². The van der Waals surface area contributed by atoms with Gasteiger partial charge in [0.25, 0.3) is 0 Å². The van der Waals surface area contributed by atoms with Crippen molar-refractivity contribution in [2.75, 3.05) is 0 Å². The van der Waals surface area contributed by atoms with E-state index in [4.69, 9.17) is 9.84 Å². The Morgan fingerprint density at radius 1 is 1.38 bits per heavy atom. The summed E-state index contributed by atoms with van der Waals surface area (Å²) < 4.78 is 5.72. The Bertz CT molecular complexity index is 241. The van der Waals surface area contributed by atoms with Crippen LogP contribution in [0.15, 0.2) is 0 Å². The van der Waals surface area contributed by atoms with Crippen LogP contribution < -0.4 is 0 Å². The molecular weight excluding hydrogens is 168 g/mol. The normalized spacial score (nSPS) is 49.2. The quantitative estimate of drug-likeness (QED) is 0.676. The molecule has 2 heterocycles. The Labute approximate surface area is 78.1 Å². The van der Waals surface area contributed by atoms with Crippen LogP contribution in [0.2, 0.25) is 0 Å². The second-order valence-electron chi connectivity index (χ2n) is 4.74. The van der Waals surface area contributed by atoms with Gasteiger partial charge in [-0.3, -0.25) is 0 Å². The fourth-order valence-electron chi connectivity index (χ4n) is 2.69. The highest BCUT2D eigenvalue weighted by Gasteiger charge is 2.55. The van der Waals surface area contributed by atoms with Gasteiger partial charge in [-0.15, -0.1) is 0 Å². The molecule has 3 aliphatic rings. The third-order valence-corrected chi connectivity index (χ3v) is 3.71. The Morgan fingerprint density at radius 3 is 2.23 bits per heavy atom. The second kappa shape index (κ2) is 2.47. The van der Waals surface area contributed by atoms with Crippen LogP contribution in [0.5, 0.6) is 0 Å². The number of hydrogen-bond donors (Lipinski definition) is 1. The highest BCUT2D eigenvalue weighted by Crippen LogP contribution is 2.49. The summed E-state index contributed by atoms with van der Waals surface area (Å²) in [6.45, 7) is 3.75. The van der Waals surface area contributed by atoms with Gasteiger partial charge in [0.15, 0.2) is 5.60 Å². The Hall–Kier alpha value is -0.570. The molecule has 3 nitrogen and oxygen atoms in total. The largest absolute Gasteiger partial charge is 0.479 e. The smallest absolute Gasteiger partial charge is 0.335 e. The summed E-state index contributed by atoms with van der Waals surface area (Å²) in [4.78, 5) is 11.1.